The molecule has 3 rings (SSSR count). The van der Waals surface area contributed by atoms with Crippen LogP contribution in [0.1, 0.15) is 42.4 Å². The lowest BCUT2D eigenvalue weighted by Gasteiger charge is -2.19. The van der Waals surface area contributed by atoms with E-state index in [0.29, 0.717) is 18.7 Å². The van der Waals surface area contributed by atoms with E-state index in [1.165, 1.54) is 0 Å². The summed E-state index contributed by atoms with van der Waals surface area (Å²) in [6.45, 7) is 6.79. The summed E-state index contributed by atoms with van der Waals surface area (Å²) in [6, 6.07) is 6.06. The van der Waals surface area contributed by atoms with Crippen molar-refractivity contribution in [3.63, 3.8) is 0 Å². The molecule has 1 amide bonds. The molecule has 2 aromatic rings. The number of benzene rings is 1. The number of esters is 1. The Morgan fingerprint density at radius 1 is 1.32 bits per heavy atom. The highest BCUT2D eigenvalue weighted by atomic mass is 16.6. The number of aromatic amines is 1. The maximum Gasteiger partial charge on any atom is 0.407 e. The molecule has 2 heterocycles. The zero-order valence-corrected chi connectivity index (χ0v) is 17.2. The summed E-state index contributed by atoms with van der Waals surface area (Å²) in [5.74, 6) is -0.338. The first-order chi connectivity index (χ1) is 13.1. The number of likely N-dealkylation sites (N-methyl/N-ethyl adjacent to an activating group) is 1. The Hall–Kier alpha value is -2.54. The van der Waals surface area contributed by atoms with Gasteiger partial charge in [-0.3, -0.25) is 0 Å². The fourth-order valence-electron chi connectivity index (χ4n) is 3.34. The second kappa shape index (κ2) is 7.83. The summed E-state index contributed by atoms with van der Waals surface area (Å²) in [5.41, 5.74) is 2.92. The zero-order chi connectivity index (χ0) is 20.5. The summed E-state index contributed by atoms with van der Waals surface area (Å²) >= 11 is 0. The quantitative estimate of drug-likeness (QED) is 0.745. The summed E-state index contributed by atoms with van der Waals surface area (Å²) in [6.07, 6.45) is 1.04. The molecule has 1 atom stereocenters. The van der Waals surface area contributed by atoms with Crippen LogP contribution in [0.3, 0.4) is 0 Å². The minimum Gasteiger partial charge on any atom is -0.455 e. The van der Waals surface area contributed by atoms with Crippen molar-refractivity contribution in [1.82, 2.24) is 15.2 Å². The van der Waals surface area contributed by atoms with Crippen molar-refractivity contribution in [2.45, 2.75) is 45.3 Å². The maximum atomic E-state index is 12.8. The number of ether oxygens (including phenoxy) is 2. The first-order valence-corrected chi connectivity index (χ1v) is 9.57. The molecule has 0 radical (unpaired) electrons. The summed E-state index contributed by atoms with van der Waals surface area (Å²) in [5, 5.41) is 3.82. The Morgan fingerprint density at radius 3 is 2.68 bits per heavy atom. The molecule has 152 valence electrons. The molecule has 1 aliphatic heterocycles. The van der Waals surface area contributed by atoms with Gasteiger partial charge in [0.05, 0.1) is 6.04 Å². The molecule has 28 heavy (non-hydrogen) atoms. The highest BCUT2D eigenvalue weighted by molar-refractivity contribution is 5.98. The number of hydrogen-bond acceptors (Lipinski definition) is 5. The van der Waals surface area contributed by atoms with Crippen LogP contribution in [0.4, 0.5) is 4.79 Å². The largest absolute Gasteiger partial charge is 0.455 e. The number of nitrogens with zero attached hydrogens (tertiary/aromatic N) is 1. The van der Waals surface area contributed by atoms with Gasteiger partial charge in [0, 0.05) is 17.4 Å². The molecular weight excluding hydrogens is 358 g/mol. The number of rotatable bonds is 6. The van der Waals surface area contributed by atoms with Gasteiger partial charge in [-0.15, -0.1) is 0 Å². The van der Waals surface area contributed by atoms with Gasteiger partial charge >= 0.3 is 12.1 Å². The lowest BCUT2D eigenvalue weighted by molar-refractivity contribution is 0.00625. The van der Waals surface area contributed by atoms with Gasteiger partial charge in [0.15, 0.2) is 0 Å². The average Bonchev–Trinajstić information content (AvgIpc) is 3.14. The number of alkyl carbamates (subject to hydrolysis) is 1. The van der Waals surface area contributed by atoms with Crippen molar-refractivity contribution < 1.29 is 19.1 Å². The third-order valence-corrected chi connectivity index (χ3v) is 4.60. The number of carbonyl (C=O) groups is 2. The topological polar surface area (TPSA) is 83.7 Å². The smallest absolute Gasteiger partial charge is 0.407 e. The summed E-state index contributed by atoms with van der Waals surface area (Å²) in [7, 11) is 4.02. The number of carbonyl (C=O) groups excluding carboxylic acids is 2. The normalized spacial score (nSPS) is 17.1. The van der Waals surface area contributed by atoms with Crippen LogP contribution in [-0.2, 0) is 22.3 Å². The lowest BCUT2D eigenvalue weighted by atomic mass is 10.0. The van der Waals surface area contributed by atoms with E-state index >= 15 is 0 Å². The van der Waals surface area contributed by atoms with Crippen molar-refractivity contribution in [1.29, 1.82) is 0 Å². The number of hydrogen-bond donors (Lipinski definition) is 2. The Kier molecular flexibility index (Phi) is 5.65. The van der Waals surface area contributed by atoms with Gasteiger partial charge in [-0.25, -0.2) is 9.59 Å². The molecule has 0 bridgehead atoms. The van der Waals surface area contributed by atoms with Gasteiger partial charge in [0.25, 0.3) is 0 Å². The van der Waals surface area contributed by atoms with Gasteiger partial charge in [-0.1, -0.05) is 6.07 Å². The molecule has 7 nitrogen and oxygen atoms in total. The third kappa shape index (κ3) is 4.84. The van der Waals surface area contributed by atoms with Crippen LogP contribution >= 0.6 is 0 Å². The second-order valence-corrected chi connectivity index (χ2v) is 8.56. The fourth-order valence-corrected chi connectivity index (χ4v) is 3.34. The Bertz CT molecular complexity index is 880. The number of nitrogens with one attached hydrogen (secondary N) is 2. The Labute approximate surface area is 165 Å². The minimum absolute atomic E-state index is 0.0283. The minimum atomic E-state index is -0.557. The zero-order valence-electron chi connectivity index (χ0n) is 17.2. The van der Waals surface area contributed by atoms with Gasteiger partial charge in [0.2, 0.25) is 0 Å². The van der Waals surface area contributed by atoms with Crippen LogP contribution in [0, 0.1) is 0 Å². The summed E-state index contributed by atoms with van der Waals surface area (Å²) < 4.78 is 10.6. The van der Waals surface area contributed by atoms with E-state index in [2.05, 4.69) is 21.3 Å². The molecule has 1 unspecified atom stereocenters. The number of fused-ring (bicyclic) bond motifs is 1. The molecule has 2 N–H and O–H groups in total. The molecule has 1 aromatic carbocycles. The van der Waals surface area contributed by atoms with Crippen LogP contribution in [0.15, 0.2) is 18.2 Å². The number of aromatic nitrogens is 1. The first kappa shape index (κ1) is 20.2. The van der Waals surface area contributed by atoms with Crippen molar-refractivity contribution in [3.05, 3.63) is 35.0 Å². The second-order valence-electron chi connectivity index (χ2n) is 8.56. The van der Waals surface area contributed by atoms with Gasteiger partial charge in [-0.05, 0) is 71.0 Å². The Morgan fingerprint density at radius 2 is 2.07 bits per heavy atom. The molecule has 0 saturated carbocycles. The van der Waals surface area contributed by atoms with Gasteiger partial charge in [0.1, 0.15) is 17.9 Å². The molecule has 0 spiro atoms. The summed E-state index contributed by atoms with van der Waals surface area (Å²) in [4.78, 5) is 29.4. The monoisotopic (exact) mass is 387 g/mol. The van der Waals surface area contributed by atoms with Crippen LogP contribution < -0.4 is 5.32 Å². The van der Waals surface area contributed by atoms with Crippen LogP contribution in [0.25, 0.3) is 10.9 Å². The highest BCUT2D eigenvalue weighted by Crippen LogP contribution is 2.27. The number of cyclic esters (lactones) is 1. The van der Waals surface area contributed by atoms with Crippen LogP contribution in [0.2, 0.25) is 0 Å². The van der Waals surface area contributed by atoms with E-state index in [9.17, 15) is 9.59 Å². The van der Waals surface area contributed by atoms with Crippen molar-refractivity contribution in [2.24, 2.45) is 0 Å². The van der Waals surface area contributed by atoms with E-state index in [1.54, 1.807) is 0 Å². The highest BCUT2D eigenvalue weighted by Gasteiger charge is 2.25. The average molecular weight is 387 g/mol. The SMILES string of the molecule is CN(C)CCc1c(C(=O)OC(C)(C)C)[nH]c2ccc(CC3COC(=O)N3)cc12. The lowest BCUT2D eigenvalue weighted by Crippen LogP contribution is -2.28. The van der Waals surface area contributed by atoms with Crippen molar-refractivity contribution in [3.8, 4) is 0 Å². The number of amides is 1. The van der Waals surface area contributed by atoms with Crippen molar-refractivity contribution in [2.75, 3.05) is 27.2 Å². The maximum absolute atomic E-state index is 12.8. The van der Waals surface area contributed by atoms with Gasteiger partial charge < -0.3 is 24.7 Å². The van der Waals surface area contributed by atoms with Gasteiger partial charge in [-0.2, -0.15) is 0 Å². The molecule has 1 aliphatic rings. The third-order valence-electron chi connectivity index (χ3n) is 4.60. The number of H-pyrrole nitrogens is 1. The Balaban J connectivity index is 1.94. The molecule has 1 saturated heterocycles. The molecule has 0 aliphatic carbocycles. The fraction of sp³-hybridized carbons (Fsp3) is 0.524. The van der Waals surface area contributed by atoms with Crippen molar-refractivity contribution >= 4 is 23.0 Å². The van der Waals surface area contributed by atoms with Crippen LogP contribution in [0.5, 0.6) is 0 Å². The molecule has 1 fully saturated rings. The first-order valence-electron chi connectivity index (χ1n) is 9.57. The molecule has 7 heteroatoms. The van der Waals surface area contributed by atoms with Crippen LogP contribution in [-0.4, -0.2) is 60.8 Å². The van der Waals surface area contributed by atoms with E-state index in [4.69, 9.17) is 9.47 Å². The molecular formula is C21H29N3O4. The standard InChI is InChI=1S/C21H29N3O4/c1-21(2,3)28-19(25)18-15(8-9-24(4)5)16-11-13(6-7-17(16)23-18)10-14-12-27-20(26)22-14/h6-7,11,14,23H,8-10,12H2,1-5H3,(H,22,26). The predicted molar refractivity (Wildman–Crippen MR) is 108 cm³/mol. The molecule has 1 aromatic heterocycles. The van der Waals surface area contributed by atoms with E-state index < -0.39 is 5.60 Å². The van der Waals surface area contributed by atoms with E-state index in [0.717, 1.165) is 35.0 Å². The van der Waals surface area contributed by atoms with E-state index in [-0.39, 0.29) is 18.1 Å². The van der Waals surface area contributed by atoms with E-state index in [1.807, 2.05) is 47.0 Å². The predicted octanol–water partition coefficient (Wildman–Crippen LogP) is 2.88.